The fourth-order valence-electron chi connectivity index (χ4n) is 3.17. The molecule has 1 aliphatic rings. The number of aromatic nitrogens is 4. The number of alkyl halides is 1. The number of amides is 1. The van der Waals surface area contributed by atoms with Crippen LogP contribution in [0.4, 0.5) is 0 Å². The van der Waals surface area contributed by atoms with Crippen LogP contribution < -0.4 is 0 Å². The molecule has 0 aliphatic carbocycles. The lowest BCUT2D eigenvalue weighted by atomic mass is 9.93. The number of imidazole rings is 1. The normalized spacial score (nSPS) is 17.9. The first-order valence-electron chi connectivity index (χ1n) is 8.32. The Hall–Kier alpha value is -1.95. The molecule has 0 saturated carbocycles. The van der Waals surface area contributed by atoms with E-state index in [1.54, 1.807) is 12.5 Å². The van der Waals surface area contributed by atoms with Crippen molar-refractivity contribution in [1.29, 1.82) is 0 Å². The van der Waals surface area contributed by atoms with E-state index in [4.69, 9.17) is 11.6 Å². The summed E-state index contributed by atoms with van der Waals surface area (Å²) in [5.41, 5.74) is 2.80. The van der Waals surface area contributed by atoms with Crippen molar-refractivity contribution in [3.8, 4) is 11.5 Å². The molecular weight excluding hydrogens is 326 g/mol. The number of carbonyl (C=O) groups excluding carboxylic acids is 1. The highest BCUT2D eigenvalue weighted by molar-refractivity contribution is 6.18. The van der Waals surface area contributed by atoms with E-state index in [9.17, 15) is 4.79 Å². The highest BCUT2D eigenvalue weighted by atomic mass is 35.5. The highest BCUT2D eigenvalue weighted by Gasteiger charge is 2.24. The van der Waals surface area contributed by atoms with Crippen LogP contribution in [0.15, 0.2) is 18.6 Å². The van der Waals surface area contributed by atoms with Gasteiger partial charge in [0.05, 0.1) is 0 Å². The summed E-state index contributed by atoms with van der Waals surface area (Å²) in [5.74, 6) is 1.74. The molecule has 24 heavy (non-hydrogen) atoms. The molecule has 6 nitrogen and oxygen atoms in total. The van der Waals surface area contributed by atoms with Gasteiger partial charge in [-0.1, -0.05) is 0 Å². The van der Waals surface area contributed by atoms with E-state index in [-0.39, 0.29) is 5.91 Å². The number of nitrogens with zero attached hydrogens (tertiary/aromatic N) is 4. The van der Waals surface area contributed by atoms with Crippen molar-refractivity contribution in [2.24, 2.45) is 5.92 Å². The number of carbonyl (C=O) groups is 1. The van der Waals surface area contributed by atoms with Gasteiger partial charge in [0.15, 0.2) is 5.82 Å². The maximum Gasteiger partial charge on any atom is 0.223 e. The third-order valence-electron chi connectivity index (χ3n) is 4.35. The van der Waals surface area contributed by atoms with Gasteiger partial charge < -0.3 is 9.88 Å². The number of hydrogen-bond donors (Lipinski definition) is 1. The minimum absolute atomic E-state index is 0.157. The average molecular weight is 348 g/mol. The first kappa shape index (κ1) is 16.9. The first-order chi connectivity index (χ1) is 11.7. The van der Waals surface area contributed by atoms with E-state index in [0.29, 0.717) is 18.2 Å². The second-order valence-corrected chi connectivity index (χ2v) is 6.68. The second kappa shape index (κ2) is 7.75. The lowest BCUT2D eigenvalue weighted by Crippen LogP contribution is -2.40. The number of hydrogen-bond acceptors (Lipinski definition) is 4. The van der Waals surface area contributed by atoms with Gasteiger partial charge in [-0.25, -0.2) is 15.0 Å². The highest BCUT2D eigenvalue weighted by Crippen LogP contribution is 2.22. The Morgan fingerprint density at radius 3 is 3.04 bits per heavy atom. The third kappa shape index (κ3) is 4.12. The van der Waals surface area contributed by atoms with Gasteiger partial charge in [0.2, 0.25) is 5.91 Å². The van der Waals surface area contributed by atoms with Crippen molar-refractivity contribution < 1.29 is 4.79 Å². The third-order valence-corrected chi connectivity index (χ3v) is 4.54. The lowest BCUT2D eigenvalue weighted by molar-refractivity contribution is -0.132. The zero-order valence-corrected chi connectivity index (χ0v) is 14.6. The summed E-state index contributed by atoms with van der Waals surface area (Å²) in [7, 11) is 0. The molecule has 7 heteroatoms. The molecule has 1 saturated heterocycles. The van der Waals surface area contributed by atoms with Gasteiger partial charge in [-0.2, -0.15) is 0 Å². The molecule has 3 rings (SSSR count). The Morgan fingerprint density at radius 2 is 2.29 bits per heavy atom. The van der Waals surface area contributed by atoms with Crippen molar-refractivity contribution in [3.63, 3.8) is 0 Å². The topological polar surface area (TPSA) is 74.8 Å². The number of likely N-dealkylation sites (tertiary alicyclic amines) is 1. The molecule has 1 fully saturated rings. The standard InChI is InChI=1S/C17H22ClN5O/c1-12-9-19-17(22-12)15-8-14(20-11-21-15)7-13-3-2-6-23(10-13)16(24)4-5-18/h8-9,11,13H,2-7,10H2,1H3,(H,19,22). The fraction of sp³-hybridized carbons (Fsp3) is 0.529. The van der Waals surface area contributed by atoms with Crippen molar-refractivity contribution in [2.75, 3.05) is 19.0 Å². The summed E-state index contributed by atoms with van der Waals surface area (Å²) in [4.78, 5) is 30.2. The van der Waals surface area contributed by atoms with Crippen LogP contribution in [0.3, 0.4) is 0 Å². The van der Waals surface area contributed by atoms with Crippen LogP contribution in [0.2, 0.25) is 0 Å². The van der Waals surface area contributed by atoms with Crippen molar-refractivity contribution in [3.05, 3.63) is 30.0 Å². The second-order valence-electron chi connectivity index (χ2n) is 6.30. The maximum atomic E-state index is 12.0. The SMILES string of the molecule is Cc1cnc(-c2cc(CC3CCCN(C(=O)CCCl)C3)ncn2)[nH]1. The summed E-state index contributed by atoms with van der Waals surface area (Å²) in [5, 5.41) is 0. The van der Waals surface area contributed by atoms with E-state index < -0.39 is 0 Å². The van der Waals surface area contributed by atoms with Crippen molar-refractivity contribution >= 4 is 17.5 Å². The Morgan fingerprint density at radius 1 is 1.42 bits per heavy atom. The molecule has 2 aromatic rings. The van der Waals surface area contributed by atoms with Gasteiger partial charge in [-0.3, -0.25) is 4.79 Å². The van der Waals surface area contributed by atoms with Gasteiger partial charge in [0.1, 0.15) is 12.0 Å². The molecule has 1 aliphatic heterocycles. The number of H-pyrrole nitrogens is 1. The van der Waals surface area contributed by atoms with Crippen LogP contribution >= 0.6 is 11.6 Å². The molecule has 1 amide bonds. The molecule has 1 atom stereocenters. The summed E-state index contributed by atoms with van der Waals surface area (Å²) in [6.07, 6.45) is 6.79. The van der Waals surface area contributed by atoms with Crippen LogP contribution in [0, 0.1) is 12.8 Å². The molecule has 1 unspecified atom stereocenters. The molecule has 128 valence electrons. The molecule has 0 aromatic carbocycles. The number of rotatable bonds is 5. The van der Waals surface area contributed by atoms with Crippen LogP contribution in [0.5, 0.6) is 0 Å². The average Bonchev–Trinajstić information content (AvgIpc) is 3.02. The summed E-state index contributed by atoms with van der Waals surface area (Å²) < 4.78 is 0. The van der Waals surface area contributed by atoms with Crippen LogP contribution in [-0.4, -0.2) is 49.7 Å². The lowest BCUT2D eigenvalue weighted by Gasteiger charge is -2.32. The van der Waals surface area contributed by atoms with Crippen molar-refractivity contribution in [2.45, 2.75) is 32.6 Å². The number of aryl methyl sites for hydroxylation is 1. The van der Waals surface area contributed by atoms with E-state index >= 15 is 0 Å². The molecule has 0 spiro atoms. The number of nitrogens with one attached hydrogen (secondary N) is 1. The molecule has 0 radical (unpaired) electrons. The zero-order chi connectivity index (χ0) is 16.9. The Labute approximate surface area is 146 Å². The van der Waals surface area contributed by atoms with E-state index in [1.807, 2.05) is 17.9 Å². The largest absolute Gasteiger partial charge is 0.342 e. The monoisotopic (exact) mass is 347 g/mol. The van der Waals surface area contributed by atoms with E-state index in [2.05, 4.69) is 19.9 Å². The minimum atomic E-state index is 0.157. The molecule has 0 bridgehead atoms. The smallest absolute Gasteiger partial charge is 0.223 e. The van der Waals surface area contributed by atoms with E-state index in [1.165, 1.54) is 0 Å². The Balaban J connectivity index is 1.66. The molecule has 2 aromatic heterocycles. The van der Waals surface area contributed by atoms with Crippen LogP contribution in [0.25, 0.3) is 11.5 Å². The maximum absolute atomic E-state index is 12.0. The fourth-order valence-corrected chi connectivity index (χ4v) is 3.34. The van der Waals surface area contributed by atoms with Crippen molar-refractivity contribution in [1.82, 2.24) is 24.8 Å². The Bertz CT molecular complexity index is 702. The first-order valence-corrected chi connectivity index (χ1v) is 8.86. The van der Waals surface area contributed by atoms with Gasteiger partial charge in [0, 0.05) is 43.0 Å². The predicted octanol–water partition coefficient (Wildman–Crippen LogP) is 2.59. The van der Waals surface area contributed by atoms with E-state index in [0.717, 1.165) is 55.3 Å². The predicted molar refractivity (Wildman–Crippen MR) is 92.7 cm³/mol. The quantitative estimate of drug-likeness (QED) is 0.843. The van der Waals surface area contributed by atoms with Crippen LogP contribution in [0.1, 0.15) is 30.7 Å². The van der Waals surface area contributed by atoms with Gasteiger partial charge in [-0.15, -0.1) is 11.6 Å². The molecule has 3 heterocycles. The summed E-state index contributed by atoms with van der Waals surface area (Å²) >= 11 is 5.69. The number of piperidine rings is 1. The molecular formula is C17H22ClN5O. The zero-order valence-electron chi connectivity index (χ0n) is 13.8. The number of halogens is 1. The minimum Gasteiger partial charge on any atom is -0.342 e. The van der Waals surface area contributed by atoms with Gasteiger partial charge >= 0.3 is 0 Å². The molecule has 1 N–H and O–H groups in total. The Kier molecular flexibility index (Phi) is 5.45. The van der Waals surface area contributed by atoms with Crippen LogP contribution in [-0.2, 0) is 11.2 Å². The summed E-state index contributed by atoms with van der Waals surface area (Å²) in [6, 6.07) is 1.98. The van der Waals surface area contributed by atoms with Gasteiger partial charge in [-0.05, 0) is 38.2 Å². The summed E-state index contributed by atoms with van der Waals surface area (Å²) in [6.45, 7) is 3.59. The van der Waals surface area contributed by atoms with Gasteiger partial charge in [0.25, 0.3) is 0 Å². The number of aromatic amines is 1.